The number of hydrazone groups is 1. The van der Waals surface area contributed by atoms with E-state index in [9.17, 15) is 9.18 Å². The van der Waals surface area contributed by atoms with Crippen LogP contribution in [0.4, 0.5) is 4.39 Å². The maximum atomic E-state index is 14.0. The topological polar surface area (TPSA) is 78.4 Å². The number of rotatable bonds is 11. The zero-order chi connectivity index (χ0) is 24.3. The van der Waals surface area contributed by atoms with Gasteiger partial charge >= 0.3 is 0 Å². The summed E-state index contributed by atoms with van der Waals surface area (Å²) in [6.45, 7) is 1.99. The van der Waals surface area contributed by atoms with Crippen LogP contribution in [0.5, 0.6) is 23.0 Å². The first-order chi connectivity index (χ1) is 16.5. The van der Waals surface area contributed by atoms with Gasteiger partial charge in [0.05, 0.1) is 25.0 Å². The summed E-state index contributed by atoms with van der Waals surface area (Å²) in [6.07, 6.45) is 1.46. The number of ether oxygens (including phenoxy) is 4. The first kappa shape index (κ1) is 24.9. The normalized spacial score (nSPS) is 10.7. The smallest absolute Gasteiger partial charge is 0.277 e. The van der Waals surface area contributed by atoms with E-state index in [1.165, 1.54) is 18.3 Å². The fraction of sp³-hybridized carbons (Fsp3) is 0.200. The Kier molecular flexibility index (Phi) is 9.11. The van der Waals surface area contributed by atoms with E-state index in [0.717, 1.165) is 0 Å². The molecule has 0 aliphatic heterocycles. The maximum absolute atomic E-state index is 14.0. The molecule has 0 radical (unpaired) electrons. The Morgan fingerprint density at radius 1 is 1.03 bits per heavy atom. The zero-order valence-corrected chi connectivity index (χ0v) is 19.5. The minimum Gasteiger partial charge on any atom is -0.497 e. The molecule has 0 atom stereocenters. The van der Waals surface area contributed by atoms with Crippen molar-refractivity contribution in [2.45, 2.75) is 13.5 Å². The molecule has 178 valence electrons. The number of nitrogens with zero attached hydrogens (tertiary/aromatic N) is 1. The Morgan fingerprint density at radius 2 is 1.79 bits per heavy atom. The molecule has 0 saturated heterocycles. The standard InChI is InChI=1S/C25H24ClFN2O5/c1-3-32-24-13-17(7-12-23(24)34-15-20-21(26)5-4-6-22(20)27)14-28-29-25(30)16-33-19-10-8-18(31-2)9-11-19/h4-14H,3,15-16H2,1-2H3,(H,29,30)/b28-14+. The Bertz CT molecular complexity index is 1120. The lowest BCUT2D eigenvalue weighted by Gasteiger charge is -2.13. The summed E-state index contributed by atoms with van der Waals surface area (Å²) in [7, 11) is 1.57. The molecule has 0 spiro atoms. The van der Waals surface area contributed by atoms with Gasteiger partial charge in [0, 0.05) is 5.56 Å². The molecule has 0 fully saturated rings. The Hall–Kier alpha value is -3.78. The number of hydrogen-bond acceptors (Lipinski definition) is 6. The number of amides is 1. The van der Waals surface area contributed by atoms with E-state index in [-0.39, 0.29) is 23.8 Å². The fourth-order valence-electron chi connectivity index (χ4n) is 2.84. The number of methoxy groups -OCH3 is 1. The van der Waals surface area contributed by atoms with Crippen LogP contribution in [-0.2, 0) is 11.4 Å². The first-order valence-corrected chi connectivity index (χ1v) is 10.8. The average Bonchev–Trinajstić information content (AvgIpc) is 2.84. The minimum atomic E-state index is -0.444. The van der Waals surface area contributed by atoms with Crippen LogP contribution in [0.2, 0.25) is 5.02 Å². The first-order valence-electron chi connectivity index (χ1n) is 10.4. The van der Waals surface area contributed by atoms with Crippen LogP contribution in [0.15, 0.2) is 65.8 Å². The summed E-state index contributed by atoms with van der Waals surface area (Å²) in [5.74, 6) is 1.25. The maximum Gasteiger partial charge on any atom is 0.277 e. The number of benzene rings is 3. The van der Waals surface area contributed by atoms with E-state index in [0.29, 0.717) is 35.2 Å². The highest BCUT2D eigenvalue weighted by molar-refractivity contribution is 6.31. The second-order valence-electron chi connectivity index (χ2n) is 6.89. The lowest BCUT2D eigenvalue weighted by atomic mass is 10.2. The summed E-state index contributed by atoms with van der Waals surface area (Å²) in [6, 6.07) is 16.4. The van der Waals surface area contributed by atoms with E-state index < -0.39 is 11.7 Å². The van der Waals surface area contributed by atoms with Crippen molar-refractivity contribution in [3.63, 3.8) is 0 Å². The van der Waals surface area contributed by atoms with E-state index in [1.54, 1.807) is 55.6 Å². The molecule has 3 rings (SSSR count). The van der Waals surface area contributed by atoms with Gasteiger partial charge in [0.2, 0.25) is 0 Å². The summed E-state index contributed by atoms with van der Waals surface area (Å²) >= 11 is 6.06. The van der Waals surface area contributed by atoms with Gasteiger partial charge in [0.25, 0.3) is 5.91 Å². The van der Waals surface area contributed by atoms with E-state index in [4.69, 9.17) is 30.5 Å². The summed E-state index contributed by atoms with van der Waals surface area (Å²) in [5.41, 5.74) is 3.33. The minimum absolute atomic E-state index is 0.0523. The predicted molar refractivity (Wildman–Crippen MR) is 128 cm³/mol. The fourth-order valence-corrected chi connectivity index (χ4v) is 3.06. The van der Waals surface area contributed by atoms with E-state index in [2.05, 4.69) is 10.5 Å². The van der Waals surface area contributed by atoms with Crippen molar-refractivity contribution in [3.05, 3.63) is 82.6 Å². The summed E-state index contributed by atoms with van der Waals surface area (Å²) in [4.78, 5) is 12.0. The van der Waals surface area contributed by atoms with E-state index in [1.807, 2.05) is 6.92 Å². The highest BCUT2D eigenvalue weighted by Crippen LogP contribution is 2.30. The molecule has 1 amide bonds. The van der Waals surface area contributed by atoms with Crippen LogP contribution in [0, 0.1) is 5.82 Å². The lowest BCUT2D eigenvalue weighted by molar-refractivity contribution is -0.123. The predicted octanol–water partition coefficient (Wildman–Crippen LogP) is 4.99. The average molecular weight is 487 g/mol. The summed E-state index contributed by atoms with van der Waals surface area (Å²) in [5, 5.41) is 4.23. The molecule has 0 unspecified atom stereocenters. The van der Waals surface area contributed by atoms with Crippen LogP contribution in [-0.4, -0.2) is 32.4 Å². The molecule has 9 heteroatoms. The monoisotopic (exact) mass is 486 g/mol. The third-order valence-corrected chi connectivity index (χ3v) is 4.89. The number of halogens is 2. The van der Waals surface area contributed by atoms with E-state index >= 15 is 0 Å². The van der Waals surface area contributed by atoms with Crippen molar-refractivity contribution in [2.24, 2.45) is 5.10 Å². The van der Waals surface area contributed by atoms with Crippen LogP contribution in [0.1, 0.15) is 18.1 Å². The number of carbonyl (C=O) groups is 1. The molecule has 0 aromatic heterocycles. The van der Waals surface area contributed by atoms with Crippen molar-refractivity contribution < 1.29 is 28.1 Å². The molecule has 7 nitrogen and oxygen atoms in total. The number of hydrogen-bond donors (Lipinski definition) is 1. The molecule has 1 N–H and O–H groups in total. The molecule has 0 bridgehead atoms. The Morgan fingerprint density at radius 3 is 2.50 bits per heavy atom. The van der Waals surface area contributed by atoms with Gasteiger partial charge in [-0.15, -0.1) is 0 Å². The Balaban J connectivity index is 1.56. The van der Waals surface area contributed by atoms with Crippen molar-refractivity contribution in [2.75, 3.05) is 20.3 Å². The Labute approximate surface area is 202 Å². The van der Waals surface area contributed by atoms with Gasteiger partial charge in [-0.05, 0) is 67.1 Å². The molecule has 0 aliphatic rings. The van der Waals surface area contributed by atoms with Gasteiger partial charge in [0.1, 0.15) is 23.9 Å². The van der Waals surface area contributed by atoms with Crippen LogP contribution in [0.25, 0.3) is 0 Å². The van der Waals surface area contributed by atoms with Gasteiger partial charge in [-0.3, -0.25) is 4.79 Å². The van der Waals surface area contributed by atoms with Crippen molar-refractivity contribution >= 4 is 23.7 Å². The number of carbonyl (C=O) groups excluding carboxylic acids is 1. The third-order valence-electron chi connectivity index (χ3n) is 4.53. The zero-order valence-electron chi connectivity index (χ0n) is 18.7. The molecular weight excluding hydrogens is 463 g/mol. The van der Waals surface area contributed by atoms with Crippen molar-refractivity contribution in [1.29, 1.82) is 0 Å². The van der Waals surface area contributed by atoms with Crippen LogP contribution < -0.4 is 24.4 Å². The van der Waals surface area contributed by atoms with Gasteiger partial charge < -0.3 is 18.9 Å². The van der Waals surface area contributed by atoms with Crippen LogP contribution >= 0.6 is 11.6 Å². The highest BCUT2D eigenvalue weighted by Gasteiger charge is 2.11. The third kappa shape index (κ3) is 7.11. The number of nitrogens with one attached hydrogen (secondary N) is 1. The molecule has 0 heterocycles. The van der Waals surface area contributed by atoms with Crippen LogP contribution in [0.3, 0.4) is 0 Å². The van der Waals surface area contributed by atoms with Gasteiger partial charge in [-0.1, -0.05) is 17.7 Å². The molecule has 34 heavy (non-hydrogen) atoms. The quantitative estimate of drug-likeness (QED) is 0.305. The molecule has 3 aromatic rings. The molecular formula is C25H24ClFN2O5. The van der Waals surface area contributed by atoms with Gasteiger partial charge in [0.15, 0.2) is 18.1 Å². The summed E-state index contributed by atoms with van der Waals surface area (Å²) < 4.78 is 35.8. The largest absolute Gasteiger partial charge is 0.497 e. The second-order valence-corrected chi connectivity index (χ2v) is 7.29. The highest BCUT2D eigenvalue weighted by atomic mass is 35.5. The molecule has 0 saturated carbocycles. The van der Waals surface area contributed by atoms with Gasteiger partial charge in [-0.2, -0.15) is 5.10 Å². The lowest BCUT2D eigenvalue weighted by Crippen LogP contribution is -2.24. The SMILES string of the molecule is CCOc1cc(/C=N/NC(=O)COc2ccc(OC)cc2)ccc1OCc1c(F)cccc1Cl. The van der Waals surface area contributed by atoms with Gasteiger partial charge in [-0.25, -0.2) is 9.82 Å². The second kappa shape index (κ2) is 12.5. The van der Waals surface area contributed by atoms with Crippen molar-refractivity contribution in [1.82, 2.24) is 5.43 Å². The molecule has 3 aromatic carbocycles. The van der Waals surface area contributed by atoms with Crippen molar-refractivity contribution in [3.8, 4) is 23.0 Å². The molecule has 0 aliphatic carbocycles.